The van der Waals surface area contributed by atoms with Crippen molar-refractivity contribution in [2.45, 2.75) is 6.42 Å². The van der Waals surface area contributed by atoms with E-state index in [1.807, 2.05) is 0 Å². The SMILES string of the molecule is NS(=O)(=O)CCCNC(=O)Nc1ccc(F)cc1. The number of sulfonamides is 1. The van der Waals surface area contributed by atoms with Gasteiger partial charge >= 0.3 is 6.03 Å². The standard InChI is InChI=1S/C10H14FN3O3S/c11-8-2-4-9(5-3-8)14-10(15)13-6-1-7-18(12,16)17/h2-5H,1,6-7H2,(H2,12,16,17)(H2,13,14,15). The second-order valence-electron chi connectivity index (χ2n) is 3.61. The van der Waals surface area contributed by atoms with Crippen molar-refractivity contribution in [2.24, 2.45) is 5.14 Å². The van der Waals surface area contributed by atoms with Gasteiger partial charge in [-0.25, -0.2) is 22.7 Å². The van der Waals surface area contributed by atoms with Crippen LogP contribution < -0.4 is 15.8 Å². The minimum absolute atomic E-state index is 0.184. The highest BCUT2D eigenvalue weighted by Gasteiger charge is 2.04. The Morgan fingerprint density at radius 2 is 1.89 bits per heavy atom. The summed E-state index contributed by atoms with van der Waals surface area (Å²) in [6.07, 6.45) is 0.232. The van der Waals surface area contributed by atoms with E-state index in [9.17, 15) is 17.6 Å². The topological polar surface area (TPSA) is 101 Å². The van der Waals surface area contributed by atoms with E-state index in [1.54, 1.807) is 0 Å². The molecule has 1 aromatic carbocycles. The van der Waals surface area contributed by atoms with E-state index < -0.39 is 21.9 Å². The second-order valence-corrected chi connectivity index (χ2v) is 5.34. The highest BCUT2D eigenvalue weighted by molar-refractivity contribution is 7.89. The van der Waals surface area contributed by atoms with Crippen molar-refractivity contribution in [3.63, 3.8) is 0 Å². The van der Waals surface area contributed by atoms with Crippen LogP contribution in [-0.4, -0.2) is 26.7 Å². The highest BCUT2D eigenvalue weighted by atomic mass is 32.2. The number of amides is 2. The molecule has 0 radical (unpaired) electrons. The number of nitrogens with one attached hydrogen (secondary N) is 2. The predicted octanol–water partition coefficient (Wildman–Crippen LogP) is 0.626. The van der Waals surface area contributed by atoms with Crippen LogP contribution in [0.2, 0.25) is 0 Å². The largest absolute Gasteiger partial charge is 0.338 e. The molecule has 0 heterocycles. The summed E-state index contributed by atoms with van der Waals surface area (Å²) < 4.78 is 33.8. The lowest BCUT2D eigenvalue weighted by atomic mass is 10.3. The molecule has 0 bridgehead atoms. The quantitative estimate of drug-likeness (QED) is 0.687. The van der Waals surface area contributed by atoms with Crippen LogP contribution in [0.5, 0.6) is 0 Å². The van der Waals surface area contributed by atoms with Gasteiger partial charge in [-0.05, 0) is 30.7 Å². The minimum atomic E-state index is -3.50. The number of benzene rings is 1. The molecule has 0 unspecified atom stereocenters. The molecule has 1 aromatic rings. The molecule has 0 aliphatic rings. The normalized spacial score (nSPS) is 11.0. The first kappa shape index (κ1) is 14.4. The van der Waals surface area contributed by atoms with Gasteiger partial charge in [0.15, 0.2) is 0 Å². The zero-order valence-corrected chi connectivity index (χ0v) is 10.3. The molecule has 0 fully saturated rings. The van der Waals surface area contributed by atoms with E-state index in [4.69, 9.17) is 5.14 Å². The Labute approximate surface area is 104 Å². The van der Waals surface area contributed by atoms with Crippen molar-refractivity contribution >= 4 is 21.7 Å². The molecule has 18 heavy (non-hydrogen) atoms. The first-order valence-corrected chi connectivity index (χ1v) is 6.89. The summed E-state index contributed by atoms with van der Waals surface area (Å²) in [6, 6.07) is 4.78. The van der Waals surface area contributed by atoms with Gasteiger partial charge in [0.2, 0.25) is 10.0 Å². The molecule has 8 heteroatoms. The number of anilines is 1. The first-order chi connectivity index (χ1) is 8.37. The number of carbonyl (C=O) groups is 1. The van der Waals surface area contributed by atoms with Crippen LogP contribution in [0, 0.1) is 5.82 Å². The summed E-state index contributed by atoms with van der Waals surface area (Å²) in [6.45, 7) is 0.184. The van der Waals surface area contributed by atoms with Crippen molar-refractivity contribution in [3.8, 4) is 0 Å². The van der Waals surface area contributed by atoms with Gasteiger partial charge in [0.05, 0.1) is 5.75 Å². The zero-order chi connectivity index (χ0) is 13.6. The third-order valence-electron chi connectivity index (χ3n) is 1.99. The lowest BCUT2D eigenvalue weighted by molar-refractivity contribution is 0.252. The Bertz CT molecular complexity index is 502. The molecule has 0 atom stereocenters. The summed E-state index contributed by atoms with van der Waals surface area (Å²) in [7, 11) is -3.50. The van der Waals surface area contributed by atoms with Crippen molar-refractivity contribution in [1.29, 1.82) is 0 Å². The molecule has 6 nitrogen and oxygen atoms in total. The highest BCUT2D eigenvalue weighted by Crippen LogP contribution is 2.07. The van der Waals surface area contributed by atoms with E-state index in [0.29, 0.717) is 5.69 Å². The molecular weight excluding hydrogens is 261 g/mol. The zero-order valence-electron chi connectivity index (χ0n) is 9.52. The Morgan fingerprint density at radius 3 is 2.44 bits per heavy atom. The number of rotatable bonds is 5. The maximum atomic E-state index is 12.6. The predicted molar refractivity (Wildman–Crippen MR) is 66.0 cm³/mol. The van der Waals surface area contributed by atoms with Gasteiger partial charge < -0.3 is 10.6 Å². The van der Waals surface area contributed by atoms with Crippen molar-refractivity contribution in [3.05, 3.63) is 30.1 Å². The molecule has 0 spiro atoms. The molecular formula is C10H14FN3O3S. The summed E-state index contributed by atoms with van der Waals surface area (Å²) >= 11 is 0. The minimum Gasteiger partial charge on any atom is -0.338 e. The smallest absolute Gasteiger partial charge is 0.319 e. The van der Waals surface area contributed by atoms with Crippen LogP contribution in [-0.2, 0) is 10.0 Å². The maximum absolute atomic E-state index is 12.6. The van der Waals surface area contributed by atoms with Crippen LogP contribution in [0.25, 0.3) is 0 Å². The van der Waals surface area contributed by atoms with E-state index in [-0.39, 0.29) is 18.7 Å². The van der Waals surface area contributed by atoms with Gasteiger partial charge in [0.1, 0.15) is 5.82 Å². The third-order valence-corrected chi connectivity index (χ3v) is 2.85. The average molecular weight is 275 g/mol. The lowest BCUT2D eigenvalue weighted by Gasteiger charge is -2.07. The maximum Gasteiger partial charge on any atom is 0.319 e. The van der Waals surface area contributed by atoms with E-state index in [2.05, 4.69) is 10.6 Å². The first-order valence-electron chi connectivity index (χ1n) is 5.18. The molecule has 2 amide bonds. The van der Waals surface area contributed by atoms with Crippen LogP contribution >= 0.6 is 0 Å². The van der Waals surface area contributed by atoms with Crippen LogP contribution in [0.15, 0.2) is 24.3 Å². The van der Waals surface area contributed by atoms with Crippen molar-refractivity contribution < 1.29 is 17.6 Å². The number of hydrogen-bond acceptors (Lipinski definition) is 3. The van der Waals surface area contributed by atoms with Gasteiger partial charge in [-0.3, -0.25) is 0 Å². The molecule has 0 aliphatic heterocycles. The lowest BCUT2D eigenvalue weighted by Crippen LogP contribution is -2.31. The van der Waals surface area contributed by atoms with Gasteiger partial charge in [0, 0.05) is 12.2 Å². The molecule has 100 valence electrons. The Morgan fingerprint density at radius 1 is 1.28 bits per heavy atom. The molecule has 1 rings (SSSR count). The summed E-state index contributed by atoms with van der Waals surface area (Å²) in [5, 5.41) is 9.72. The van der Waals surface area contributed by atoms with Crippen molar-refractivity contribution in [2.75, 3.05) is 17.6 Å². The van der Waals surface area contributed by atoms with Gasteiger partial charge in [-0.1, -0.05) is 0 Å². The fourth-order valence-electron chi connectivity index (χ4n) is 1.18. The Hall–Kier alpha value is -1.67. The average Bonchev–Trinajstić information content (AvgIpc) is 2.26. The Balaban J connectivity index is 2.28. The molecule has 0 saturated carbocycles. The van der Waals surface area contributed by atoms with Crippen LogP contribution in [0.3, 0.4) is 0 Å². The summed E-state index contributed by atoms with van der Waals surface area (Å²) in [5.74, 6) is -0.585. The van der Waals surface area contributed by atoms with E-state index in [1.165, 1.54) is 24.3 Å². The number of primary sulfonamides is 1. The van der Waals surface area contributed by atoms with Crippen LogP contribution in [0.4, 0.5) is 14.9 Å². The monoisotopic (exact) mass is 275 g/mol. The second kappa shape index (κ2) is 6.31. The third kappa shape index (κ3) is 6.16. The molecule has 0 aromatic heterocycles. The molecule has 4 N–H and O–H groups in total. The number of urea groups is 1. The van der Waals surface area contributed by atoms with E-state index in [0.717, 1.165) is 0 Å². The van der Waals surface area contributed by atoms with Crippen molar-refractivity contribution in [1.82, 2.24) is 5.32 Å². The number of carbonyl (C=O) groups excluding carboxylic acids is 1. The fraction of sp³-hybridized carbons (Fsp3) is 0.300. The number of hydrogen-bond donors (Lipinski definition) is 3. The van der Waals surface area contributed by atoms with Crippen LogP contribution in [0.1, 0.15) is 6.42 Å². The summed E-state index contributed by atoms with van der Waals surface area (Å²) in [4.78, 5) is 11.3. The van der Waals surface area contributed by atoms with Gasteiger partial charge in [-0.2, -0.15) is 0 Å². The number of halogens is 1. The number of nitrogens with two attached hydrogens (primary N) is 1. The van der Waals surface area contributed by atoms with Gasteiger partial charge in [0.25, 0.3) is 0 Å². The molecule has 0 aliphatic carbocycles. The molecule has 0 saturated heterocycles. The summed E-state index contributed by atoms with van der Waals surface area (Å²) in [5.41, 5.74) is 0.445. The van der Waals surface area contributed by atoms with E-state index >= 15 is 0 Å². The Kier molecular flexibility index (Phi) is 5.05. The fourth-order valence-corrected chi connectivity index (χ4v) is 1.73. The van der Waals surface area contributed by atoms with Gasteiger partial charge in [-0.15, -0.1) is 0 Å².